The molecule has 0 aliphatic carbocycles. The fraction of sp³-hybridized carbons (Fsp3) is 0.143. The smallest absolute Gasteiger partial charge is 0.305 e. The standard InChI is InChI=1S/C14H13ClN2O3S/c15-9-4-3-8(6-10(9)16)14(20)17-11(7-13(18)19)12-2-1-5-21-12/h1-6,11H,7,16H2,(H,17,20)(H,18,19). The van der Waals surface area contributed by atoms with Crippen LogP contribution < -0.4 is 11.1 Å². The van der Waals surface area contributed by atoms with Crippen LogP contribution in [0.4, 0.5) is 5.69 Å². The Bertz CT molecular complexity index is 658. The summed E-state index contributed by atoms with van der Waals surface area (Å²) >= 11 is 7.20. The third kappa shape index (κ3) is 3.96. The highest BCUT2D eigenvalue weighted by Crippen LogP contribution is 2.24. The van der Waals surface area contributed by atoms with Gasteiger partial charge in [0.15, 0.2) is 0 Å². The number of rotatable bonds is 5. The number of halogens is 1. The van der Waals surface area contributed by atoms with Crippen molar-refractivity contribution in [1.82, 2.24) is 5.32 Å². The number of carboxylic acid groups (broad SMARTS) is 1. The predicted octanol–water partition coefficient (Wildman–Crippen LogP) is 2.93. The summed E-state index contributed by atoms with van der Waals surface area (Å²) in [7, 11) is 0. The average molecular weight is 325 g/mol. The minimum atomic E-state index is -0.982. The Balaban J connectivity index is 2.17. The topological polar surface area (TPSA) is 92.4 Å². The van der Waals surface area contributed by atoms with Gasteiger partial charge in [0, 0.05) is 10.4 Å². The van der Waals surface area contributed by atoms with Crippen molar-refractivity contribution < 1.29 is 14.7 Å². The highest BCUT2D eigenvalue weighted by atomic mass is 35.5. The minimum Gasteiger partial charge on any atom is -0.481 e. The fourth-order valence-corrected chi connectivity index (χ4v) is 2.71. The van der Waals surface area contributed by atoms with Gasteiger partial charge in [-0.3, -0.25) is 9.59 Å². The molecule has 1 aromatic carbocycles. The number of aliphatic carboxylic acids is 1. The molecule has 2 aromatic rings. The molecule has 110 valence electrons. The first-order chi connectivity index (χ1) is 9.97. The molecule has 0 fully saturated rings. The van der Waals surface area contributed by atoms with Crippen molar-refractivity contribution in [2.45, 2.75) is 12.5 Å². The van der Waals surface area contributed by atoms with Gasteiger partial charge in [-0.1, -0.05) is 17.7 Å². The molecule has 1 aromatic heterocycles. The van der Waals surface area contributed by atoms with Crippen LogP contribution >= 0.6 is 22.9 Å². The van der Waals surface area contributed by atoms with Crippen LogP contribution in [-0.2, 0) is 4.79 Å². The van der Waals surface area contributed by atoms with Crippen LogP contribution in [0.2, 0.25) is 5.02 Å². The molecule has 1 amide bonds. The molecule has 1 heterocycles. The van der Waals surface area contributed by atoms with Crippen molar-refractivity contribution >= 4 is 40.5 Å². The molecular weight excluding hydrogens is 312 g/mol. The Morgan fingerprint density at radius 2 is 2.14 bits per heavy atom. The zero-order chi connectivity index (χ0) is 15.4. The van der Waals surface area contributed by atoms with E-state index in [-0.39, 0.29) is 6.42 Å². The number of nitrogens with one attached hydrogen (secondary N) is 1. The van der Waals surface area contributed by atoms with E-state index < -0.39 is 17.9 Å². The van der Waals surface area contributed by atoms with E-state index in [1.165, 1.54) is 23.5 Å². The van der Waals surface area contributed by atoms with Crippen molar-refractivity contribution in [2.24, 2.45) is 0 Å². The maximum atomic E-state index is 12.2. The summed E-state index contributed by atoms with van der Waals surface area (Å²) < 4.78 is 0. The van der Waals surface area contributed by atoms with Crippen LogP contribution in [0.3, 0.4) is 0 Å². The number of carbonyl (C=O) groups excluding carboxylic acids is 1. The van der Waals surface area contributed by atoms with E-state index in [1.54, 1.807) is 18.2 Å². The Morgan fingerprint density at radius 3 is 2.71 bits per heavy atom. The molecule has 0 aliphatic rings. The predicted molar refractivity (Wildman–Crippen MR) is 82.6 cm³/mol. The number of carbonyl (C=O) groups is 2. The summed E-state index contributed by atoms with van der Waals surface area (Å²) in [5, 5.41) is 13.9. The lowest BCUT2D eigenvalue weighted by Gasteiger charge is -2.16. The number of thiophene rings is 1. The number of benzene rings is 1. The molecule has 1 atom stereocenters. The van der Waals surface area contributed by atoms with E-state index in [0.29, 0.717) is 16.3 Å². The summed E-state index contributed by atoms with van der Waals surface area (Å²) in [4.78, 5) is 23.9. The Kier molecular flexibility index (Phi) is 4.82. The number of carboxylic acids is 1. The van der Waals surface area contributed by atoms with Gasteiger partial charge in [-0.15, -0.1) is 11.3 Å². The molecule has 5 nitrogen and oxygen atoms in total. The minimum absolute atomic E-state index is 0.185. The number of anilines is 1. The Labute approximate surface area is 130 Å². The van der Waals surface area contributed by atoms with Crippen LogP contribution in [0.15, 0.2) is 35.7 Å². The Morgan fingerprint density at radius 1 is 1.38 bits per heavy atom. The van der Waals surface area contributed by atoms with Gasteiger partial charge in [0.2, 0.25) is 0 Å². The van der Waals surface area contributed by atoms with Gasteiger partial charge in [-0.25, -0.2) is 0 Å². The molecule has 0 bridgehead atoms. The van der Waals surface area contributed by atoms with Gasteiger partial charge in [0.1, 0.15) is 0 Å². The van der Waals surface area contributed by atoms with Gasteiger partial charge < -0.3 is 16.2 Å². The van der Waals surface area contributed by atoms with E-state index in [9.17, 15) is 9.59 Å². The number of hydrogen-bond donors (Lipinski definition) is 3. The van der Waals surface area contributed by atoms with Crippen molar-refractivity contribution in [3.8, 4) is 0 Å². The largest absolute Gasteiger partial charge is 0.481 e. The zero-order valence-corrected chi connectivity index (χ0v) is 12.4. The van der Waals surface area contributed by atoms with Crippen molar-refractivity contribution in [3.05, 3.63) is 51.2 Å². The highest BCUT2D eigenvalue weighted by molar-refractivity contribution is 7.10. The third-order valence-corrected chi connectivity index (χ3v) is 4.16. The second kappa shape index (κ2) is 6.60. The lowest BCUT2D eigenvalue weighted by atomic mass is 10.1. The molecule has 0 aliphatic heterocycles. The molecule has 7 heteroatoms. The highest BCUT2D eigenvalue weighted by Gasteiger charge is 2.20. The van der Waals surface area contributed by atoms with Gasteiger partial charge in [-0.2, -0.15) is 0 Å². The van der Waals surface area contributed by atoms with Crippen molar-refractivity contribution in [3.63, 3.8) is 0 Å². The first-order valence-electron chi connectivity index (χ1n) is 6.08. The quantitative estimate of drug-likeness (QED) is 0.737. The zero-order valence-electron chi connectivity index (χ0n) is 10.9. The van der Waals surface area contributed by atoms with Gasteiger partial charge in [0.25, 0.3) is 5.91 Å². The van der Waals surface area contributed by atoms with E-state index in [1.807, 2.05) is 5.38 Å². The molecule has 21 heavy (non-hydrogen) atoms. The molecule has 0 spiro atoms. The van der Waals surface area contributed by atoms with E-state index in [0.717, 1.165) is 4.88 Å². The van der Waals surface area contributed by atoms with Gasteiger partial charge in [-0.05, 0) is 29.6 Å². The van der Waals surface area contributed by atoms with E-state index in [2.05, 4.69) is 5.32 Å². The lowest BCUT2D eigenvalue weighted by Crippen LogP contribution is -2.29. The first-order valence-corrected chi connectivity index (χ1v) is 7.34. The number of hydrogen-bond acceptors (Lipinski definition) is 4. The lowest BCUT2D eigenvalue weighted by molar-refractivity contribution is -0.137. The maximum Gasteiger partial charge on any atom is 0.305 e. The summed E-state index contributed by atoms with van der Waals surface area (Å²) in [6, 6.07) is 7.55. The third-order valence-electron chi connectivity index (χ3n) is 2.83. The van der Waals surface area contributed by atoms with Crippen LogP contribution in [0.25, 0.3) is 0 Å². The molecule has 0 radical (unpaired) electrons. The molecule has 1 unspecified atom stereocenters. The first kappa shape index (κ1) is 15.3. The summed E-state index contributed by atoms with van der Waals surface area (Å²) in [6.45, 7) is 0. The summed E-state index contributed by atoms with van der Waals surface area (Å²) in [6.07, 6.45) is -0.185. The summed E-state index contributed by atoms with van der Waals surface area (Å²) in [5.74, 6) is -1.37. The van der Waals surface area contributed by atoms with Gasteiger partial charge in [0.05, 0.1) is 23.2 Å². The number of amides is 1. The normalized spacial score (nSPS) is 11.9. The maximum absolute atomic E-state index is 12.2. The SMILES string of the molecule is Nc1cc(C(=O)NC(CC(=O)O)c2cccs2)ccc1Cl. The molecule has 4 N–H and O–H groups in total. The number of nitrogens with two attached hydrogens (primary N) is 1. The monoisotopic (exact) mass is 324 g/mol. The average Bonchev–Trinajstić information content (AvgIpc) is 2.94. The molecule has 2 rings (SSSR count). The number of nitrogen functional groups attached to an aromatic ring is 1. The van der Waals surface area contributed by atoms with E-state index in [4.69, 9.17) is 22.4 Å². The van der Waals surface area contributed by atoms with Crippen molar-refractivity contribution in [2.75, 3.05) is 5.73 Å². The van der Waals surface area contributed by atoms with Crippen molar-refractivity contribution in [1.29, 1.82) is 0 Å². The second-order valence-corrected chi connectivity index (χ2v) is 5.76. The molecule has 0 saturated heterocycles. The van der Waals surface area contributed by atoms with Crippen LogP contribution in [0, 0.1) is 0 Å². The van der Waals surface area contributed by atoms with Crippen LogP contribution in [0.1, 0.15) is 27.7 Å². The van der Waals surface area contributed by atoms with Gasteiger partial charge >= 0.3 is 5.97 Å². The Hall–Kier alpha value is -2.05. The molecule has 0 saturated carbocycles. The molecular formula is C14H13ClN2O3S. The van der Waals surface area contributed by atoms with Crippen LogP contribution in [0.5, 0.6) is 0 Å². The second-order valence-electron chi connectivity index (χ2n) is 4.38. The van der Waals surface area contributed by atoms with Crippen LogP contribution in [-0.4, -0.2) is 17.0 Å². The van der Waals surface area contributed by atoms with E-state index >= 15 is 0 Å². The fourth-order valence-electron chi connectivity index (χ4n) is 1.81. The summed E-state index contributed by atoms with van der Waals surface area (Å²) in [5.41, 5.74) is 6.30.